The van der Waals surface area contributed by atoms with Crippen LogP contribution in [0.2, 0.25) is 0 Å². The zero-order chi connectivity index (χ0) is 21.6. The van der Waals surface area contributed by atoms with E-state index in [4.69, 9.17) is 0 Å². The monoisotopic (exact) mass is 423 g/mol. The maximum absolute atomic E-state index is 13.5. The number of hydrogen-bond acceptors (Lipinski definition) is 2. The van der Waals surface area contributed by atoms with Crippen LogP contribution in [0.5, 0.6) is 0 Å². The number of aliphatic hydroxyl groups is 1. The summed E-state index contributed by atoms with van der Waals surface area (Å²) in [5.41, 5.74) is 0.615. The fourth-order valence-corrected chi connectivity index (χ4v) is 8.63. The van der Waals surface area contributed by atoms with Gasteiger partial charge >= 0.3 is 0 Å². The van der Waals surface area contributed by atoms with Gasteiger partial charge in [0.1, 0.15) is 0 Å². The zero-order valence-corrected chi connectivity index (χ0v) is 19.5. The van der Waals surface area contributed by atoms with Crippen LogP contribution in [-0.2, 0) is 4.79 Å². The molecule has 4 aliphatic carbocycles. The predicted octanol–water partition coefficient (Wildman–Crippen LogP) is 6.43. The number of carbonyl (C=O) groups excluding carboxylic acids is 1. The van der Waals surface area contributed by atoms with Gasteiger partial charge in [-0.2, -0.15) is 0 Å². The lowest BCUT2D eigenvalue weighted by Gasteiger charge is -2.58. The van der Waals surface area contributed by atoms with Gasteiger partial charge in [-0.15, -0.1) is 0 Å². The lowest BCUT2D eigenvalue weighted by Crippen LogP contribution is -2.53. The van der Waals surface area contributed by atoms with Crippen LogP contribution in [0.15, 0.2) is 30.3 Å². The molecule has 1 aromatic carbocycles. The van der Waals surface area contributed by atoms with Crippen LogP contribution in [0.3, 0.4) is 0 Å². The highest BCUT2D eigenvalue weighted by molar-refractivity contribution is 5.93. The van der Waals surface area contributed by atoms with Crippen molar-refractivity contribution < 1.29 is 9.90 Å². The minimum atomic E-state index is -0.444. The Hall–Kier alpha value is -1.35. The number of fused-ring (bicyclic) bond motifs is 5. The lowest BCUT2D eigenvalue weighted by molar-refractivity contribution is -0.137. The Balaban J connectivity index is 1.37. The van der Waals surface area contributed by atoms with Gasteiger partial charge in [0, 0.05) is 11.6 Å². The van der Waals surface area contributed by atoms with Crippen molar-refractivity contribution in [1.29, 1.82) is 0 Å². The highest BCUT2D eigenvalue weighted by atomic mass is 16.3. The molecule has 0 aromatic heterocycles. The van der Waals surface area contributed by atoms with Gasteiger partial charge in [0.25, 0.3) is 0 Å². The smallest absolute Gasteiger partial charge is 0.228 e. The molecule has 4 saturated carbocycles. The number of amides is 1. The molecule has 0 spiro atoms. The van der Waals surface area contributed by atoms with Crippen LogP contribution in [0.25, 0.3) is 0 Å². The van der Waals surface area contributed by atoms with Gasteiger partial charge in [-0.05, 0) is 112 Å². The Labute approximate surface area is 188 Å². The highest BCUT2D eigenvalue weighted by Gasteiger charge is 2.56. The summed E-state index contributed by atoms with van der Waals surface area (Å²) in [6, 6.07) is 10.0. The summed E-state index contributed by atoms with van der Waals surface area (Å²) in [7, 11) is 0. The molecule has 4 fully saturated rings. The highest BCUT2D eigenvalue weighted by Crippen LogP contribution is 2.62. The summed E-state index contributed by atoms with van der Waals surface area (Å²) in [6.07, 6.45) is 13.1. The normalized spacial score (nSPS) is 44.9. The number of rotatable bonds is 2. The summed E-state index contributed by atoms with van der Waals surface area (Å²) in [5, 5.41) is 13.9. The molecule has 170 valence electrons. The summed E-state index contributed by atoms with van der Waals surface area (Å²) in [5.74, 6) is 4.20. The van der Waals surface area contributed by atoms with Gasteiger partial charge in [-0.3, -0.25) is 4.79 Å². The average Bonchev–Trinajstić information content (AvgIpc) is 2.92. The van der Waals surface area contributed by atoms with Crippen LogP contribution in [0.4, 0.5) is 5.69 Å². The van der Waals surface area contributed by atoms with Crippen molar-refractivity contribution in [3.8, 4) is 0 Å². The molecule has 8 atom stereocenters. The largest absolute Gasteiger partial charge is 0.390 e. The number of benzene rings is 1. The van der Waals surface area contributed by atoms with Crippen LogP contribution in [-0.4, -0.2) is 16.6 Å². The first-order valence-electron chi connectivity index (χ1n) is 13.0. The molecule has 3 heteroatoms. The van der Waals surface area contributed by atoms with Crippen molar-refractivity contribution in [2.45, 2.75) is 90.1 Å². The van der Waals surface area contributed by atoms with E-state index in [-0.39, 0.29) is 17.2 Å². The van der Waals surface area contributed by atoms with Gasteiger partial charge in [-0.25, -0.2) is 0 Å². The topological polar surface area (TPSA) is 49.3 Å². The second-order valence-electron chi connectivity index (χ2n) is 11.9. The van der Waals surface area contributed by atoms with Crippen molar-refractivity contribution in [3.05, 3.63) is 30.3 Å². The fraction of sp³-hybridized carbons (Fsp3) is 0.750. The molecule has 0 heterocycles. The maximum atomic E-state index is 13.5. The lowest BCUT2D eigenvalue weighted by atomic mass is 9.47. The fourth-order valence-electron chi connectivity index (χ4n) is 8.63. The van der Waals surface area contributed by atoms with Crippen LogP contribution < -0.4 is 5.32 Å². The van der Waals surface area contributed by atoms with E-state index in [2.05, 4.69) is 19.2 Å². The Morgan fingerprint density at radius 2 is 1.65 bits per heavy atom. The van der Waals surface area contributed by atoms with Gasteiger partial charge in [0.2, 0.25) is 5.91 Å². The second kappa shape index (κ2) is 8.21. The van der Waals surface area contributed by atoms with Gasteiger partial charge in [-0.1, -0.05) is 38.0 Å². The molecule has 31 heavy (non-hydrogen) atoms. The van der Waals surface area contributed by atoms with Crippen molar-refractivity contribution >= 4 is 11.6 Å². The van der Waals surface area contributed by atoms with E-state index in [1.54, 1.807) is 0 Å². The van der Waals surface area contributed by atoms with E-state index in [0.717, 1.165) is 48.6 Å². The third kappa shape index (κ3) is 3.96. The second-order valence-corrected chi connectivity index (χ2v) is 11.9. The summed E-state index contributed by atoms with van der Waals surface area (Å²) < 4.78 is 0. The molecule has 0 saturated heterocycles. The quantitative estimate of drug-likeness (QED) is 0.576. The molecule has 4 aliphatic rings. The van der Waals surface area contributed by atoms with E-state index in [1.807, 2.05) is 30.3 Å². The third-order valence-electron chi connectivity index (χ3n) is 10.1. The molecule has 1 amide bonds. The molecule has 1 aromatic rings. The summed E-state index contributed by atoms with van der Waals surface area (Å²) >= 11 is 0. The van der Waals surface area contributed by atoms with Crippen LogP contribution in [0.1, 0.15) is 84.5 Å². The molecular formula is C28H41NO2. The molecule has 0 bridgehead atoms. The van der Waals surface area contributed by atoms with Crippen LogP contribution >= 0.6 is 0 Å². The van der Waals surface area contributed by atoms with E-state index in [9.17, 15) is 9.90 Å². The predicted molar refractivity (Wildman–Crippen MR) is 126 cm³/mol. The van der Waals surface area contributed by atoms with Crippen molar-refractivity contribution in [1.82, 2.24) is 0 Å². The van der Waals surface area contributed by atoms with Gasteiger partial charge in [0.05, 0.1) is 5.60 Å². The molecule has 0 unspecified atom stereocenters. The number of carbonyl (C=O) groups is 1. The SMILES string of the molecule is C[C@@]1(O)CC[C@H]2[C@H](CC[C@@H]3[C@@H]2CC[C@]2(C)[C@H](C(=O)Nc4ccccc4)CCCC[C@@H]32)C1. The summed E-state index contributed by atoms with van der Waals surface area (Å²) in [6.45, 7) is 4.51. The minimum absolute atomic E-state index is 0.128. The number of anilines is 1. The van der Waals surface area contributed by atoms with Crippen molar-refractivity contribution in [2.24, 2.45) is 40.9 Å². The first kappa shape index (κ1) is 21.5. The first-order chi connectivity index (χ1) is 14.9. The minimum Gasteiger partial charge on any atom is -0.390 e. The number of para-hydroxylation sites is 1. The standard InChI is InChI=1S/C28H41NO2/c1-27(31)16-14-21-19(18-27)12-13-23-22(21)15-17-28(2)24(23)10-6-7-11-25(28)26(30)29-20-8-4-3-5-9-20/h3-5,8-9,19,21-25,31H,6-7,10-18H2,1-2H3,(H,29,30)/t19-,21+,22-,23-,24+,25+,27-,28+/m1/s1. The van der Waals surface area contributed by atoms with Gasteiger partial charge in [0.15, 0.2) is 0 Å². The Morgan fingerprint density at radius 3 is 2.45 bits per heavy atom. The molecule has 0 radical (unpaired) electrons. The summed E-state index contributed by atoms with van der Waals surface area (Å²) in [4.78, 5) is 13.5. The first-order valence-corrected chi connectivity index (χ1v) is 13.0. The van der Waals surface area contributed by atoms with Gasteiger partial charge < -0.3 is 10.4 Å². The Bertz CT molecular complexity index is 789. The van der Waals surface area contributed by atoms with E-state index in [0.29, 0.717) is 5.92 Å². The number of hydrogen-bond donors (Lipinski definition) is 2. The molecule has 0 aliphatic heterocycles. The van der Waals surface area contributed by atoms with Crippen molar-refractivity contribution in [2.75, 3.05) is 5.32 Å². The Morgan fingerprint density at radius 1 is 0.903 bits per heavy atom. The average molecular weight is 424 g/mol. The maximum Gasteiger partial charge on any atom is 0.228 e. The molecule has 5 rings (SSSR count). The van der Waals surface area contributed by atoms with Crippen LogP contribution in [0, 0.1) is 40.9 Å². The van der Waals surface area contributed by atoms with E-state index < -0.39 is 5.60 Å². The molecule has 3 nitrogen and oxygen atoms in total. The molecular weight excluding hydrogens is 382 g/mol. The zero-order valence-electron chi connectivity index (χ0n) is 19.5. The number of nitrogens with one attached hydrogen (secondary N) is 1. The Kier molecular flexibility index (Phi) is 5.69. The van der Waals surface area contributed by atoms with E-state index in [1.165, 1.54) is 51.4 Å². The third-order valence-corrected chi connectivity index (χ3v) is 10.1. The van der Waals surface area contributed by atoms with E-state index >= 15 is 0 Å². The molecule has 2 N–H and O–H groups in total. The van der Waals surface area contributed by atoms with Crippen molar-refractivity contribution in [3.63, 3.8) is 0 Å².